The van der Waals surface area contributed by atoms with Crippen LogP contribution in [0.25, 0.3) is 22.2 Å². The molecule has 0 saturated carbocycles. The van der Waals surface area contributed by atoms with Crippen molar-refractivity contribution in [3.63, 3.8) is 0 Å². The molecule has 0 aliphatic carbocycles. The van der Waals surface area contributed by atoms with E-state index in [9.17, 15) is 24.1 Å². The Morgan fingerprint density at radius 3 is 2.40 bits per heavy atom. The van der Waals surface area contributed by atoms with Crippen molar-refractivity contribution in [2.24, 2.45) is 0 Å². The molecule has 4 aromatic heterocycles. The van der Waals surface area contributed by atoms with Gasteiger partial charge < -0.3 is 72.2 Å². The number of alkyl halides is 1. The van der Waals surface area contributed by atoms with Crippen LogP contribution < -0.4 is 70.0 Å². The third kappa shape index (κ3) is 7.65. The number of aliphatic hydroxyl groups is 2. The van der Waals surface area contributed by atoms with E-state index in [0.29, 0.717) is 29.8 Å². The van der Waals surface area contributed by atoms with Gasteiger partial charge in [0.1, 0.15) is 54.6 Å². The summed E-state index contributed by atoms with van der Waals surface area (Å²) < 4.78 is 81.7. The first-order chi connectivity index (χ1) is 23.9. The van der Waals surface area contributed by atoms with E-state index in [0.717, 1.165) is 16.6 Å². The molecule has 0 spiro atoms. The Morgan fingerprint density at radius 2 is 1.65 bits per heavy atom. The van der Waals surface area contributed by atoms with E-state index in [1.54, 1.807) is 6.20 Å². The summed E-state index contributed by atoms with van der Waals surface area (Å²) in [5, 5.41) is 24.4. The third-order valence-corrected chi connectivity index (χ3v) is 12.0. The summed E-state index contributed by atoms with van der Waals surface area (Å²) in [5.74, 6) is 0.597. The molecule has 10 atom stereocenters. The van der Waals surface area contributed by atoms with Crippen LogP contribution in [-0.2, 0) is 74.2 Å². The van der Waals surface area contributed by atoms with Gasteiger partial charge in [-0.25, -0.2) is 24.3 Å². The predicted octanol–water partition coefficient (Wildman–Crippen LogP) is -4.98. The summed E-state index contributed by atoms with van der Waals surface area (Å²) in [7, 11) is 0. The van der Waals surface area contributed by atoms with E-state index in [1.807, 2.05) is 0 Å². The maximum atomic E-state index is 16.4. The molecule has 8 rings (SSSR count). The molecule has 3 saturated heterocycles. The van der Waals surface area contributed by atoms with Crippen LogP contribution in [0.3, 0.4) is 0 Å². The smallest absolute Gasteiger partial charge is 0.660 e. The number of nitrogens with one attached hydrogen (secondary N) is 1. The molecule has 4 aliphatic rings. The van der Waals surface area contributed by atoms with Crippen molar-refractivity contribution < 1.29 is 110 Å². The van der Waals surface area contributed by atoms with Crippen molar-refractivity contribution in [2.45, 2.75) is 68.5 Å². The van der Waals surface area contributed by atoms with Crippen LogP contribution >= 0.6 is 13.6 Å². The number of halogens is 1. The Hall–Kier alpha value is -0.460. The van der Waals surface area contributed by atoms with E-state index in [1.165, 1.54) is 28.1 Å². The summed E-state index contributed by atoms with van der Waals surface area (Å²) in [6.45, 7) is -9.99. The van der Waals surface area contributed by atoms with Gasteiger partial charge in [-0.2, -0.15) is 0 Å². The van der Waals surface area contributed by atoms with Crippen LogP contribution in [0.2, 0.25) is 0 Å². The van der Waals surface area contributed by atoms with Gasteiger partial charge in [0.25, 0.3) is 5.56 Å². The molecule has 52 heavy (non-hydrogen) atoms. The zero-order chi connectivity index (χ0) is 34.9. The molecule has 19 nitrogen and oxygen atoms in total. The third-order valence-electron chi connectivity index (χ3n) is 8.92. The van der Waals surface area contributed by atoms with Crippen LogP contribution in [0.1, 0.15) is 24.4 Å². The number of nitrogens with zero attached hydrogens (tertiary/aromatic N) is 7. The van der Waals surface area contributed by atoms with Crippen LogP contribution in [-0.4, -0.2) is 107 Å². The van der Waals surface area contributed by atoms with E-state index in [2.05, 4.69) is 25.3 Å². The van der Waals surface area contributed by atoms with Gasteiger partial charge in [0.15, 0.2) is 36.6 Å². The van der Waals surface area contributed by atoms with Crippen molar-refractivity contribution >= 4 is 66.1 Å². The number of anilines is 1. The zero-order valence-electron chi connectivity index (χ0n) is 27.7. The predicted molar refractivity (Wildman–Crippen MR) is 174 cm³/mol. The summed E-state index contributed by atoms with van der Waals surface area (Å²) in [6.07, 6.45) is -5.28. The van der Waals surface area contributed by atoms with Crippen molar-refractivity contribution in [1.29, 1.82) is 0 Å². The van der Waals surface area contributed by atoms with Crippen LogP contribution in [0.5, 0.6) is 0 Å². The second-order valence-electron chi connectivity index (χ2n) is 12.0. The van der Waals surface area contributed by atoms with Gasteiger partial charge in [0.05, 0.1) is 38.1 Å². The number of aliphatic hydroxyl groups excluding tert-OH is 2. The molecule has 4 aliphatic heterocycles. The molecule has 0 amide bonds. The molecule has 8 heterocycles. The standard InChI is InChI=1S/C26H31FN8O11P2S2.2Na/c27-16-19-14(44-25(16)34-6-12-2-1-3-28-21-15(12)22(34)30-9-29-21)8-42-48(40,50)46-20-18(37)13(7-41-47(39,49)45-19)43-26(20)35-11-31-17-23(35)32-10-33(4-5-36)24(17)38;;/h6,9-11,13-14,16,18-20,25-26,36-37H,1-5,7-8H2,(H,39,49)(H,40,50)(H,28,29,30);;/q;2*+1/p-2/t13-,14-,16+,18-,19-,20-,25-,26-,47?,48?;;/m1../s1. The number of ether oxygens (including phenoxy) is 2. The fourth-order valence-corrected chi connectivity index (χ4v) is 9.44. The van der Waals surface area contributed by atoms with E-state index in [-0.39, 0.29) is 83.4 Å². The largest absolute Gasteiger partial charge is 1.00 e. The van der Waals surface area contributed by atoms with Crippen LogP contribution in [0.4, 0.5) is 10.2 Å². The number of fused-ring (bicyclic) bond motifs is 4. The fourth-order valence-electron chi connectivity index (χ4n) is 6.62. The number of hydrogen-bond donors (Lipinski definition) is 3. The first kappa shape index (κ1) is 41.2. The van der Waals surface area contributed by atoms with Gasteiger partial charge in [-0.05, 0) is 18.4 Å². The van der Waals surface area contributed by atoms with Crippen molar-refractivity contribution in [2.75, 3.05) is 31.7 Å². The fraction of sp³-hybridized carbons (Fsp3) is 0.577. The Balaban J connectivity index is 0.00000232. The molecule has 3 N–H and O–H groups in total. The molecule has 4 aromatic rings. The molecule has 3 fully saturated rings. The summed E-state index contributed by atoms with van der Waals surface area (Å²) in [4.78, 5) is 29.9. The van der Waals surface area contributed by atoms with Crippen molar-refractivity contribution in [3.05, 3.63) is 41.1 Å². The average Bonchev–Trinajstić information content (AvgIpc) is 3.78. The van der Waals surface area contributed by atoms with Crippen molar-refractivity contribution in [3.8, 4) is 0 Å². The van der Waals surface area contributed by atoms with Gasteiger partial charge >= 0.3 is 59.1 Å². The van der Waals surface area contributed by atoms with Gasteiger partial charge in [0, 0.05) is 12.7 Å². The number of hydrogen-bond acceptors (Lipinski definition) is 18. The Morgan fingerprint density at radius 1 is 0.942 bits per heavy atom. The van der Waals surface area contributed by atoms with Crippen LogP contribution in [0, 0.1) is 0 Å². The molecule has 270 valence electrons. The second-order valence-corrected chi connectivity index (χ2v) is 17.4. The van der Waals surface area contributed by atoms with Crippen molar-refractivity contribution in [1.82, 2.24) is 33.6 Å². The van der Waals surface area contributed by atoms with E-state index >= 15 is 4.39 Å². The number of rotatable bonds is 4. The van der Waals surface area contributed by atoms with E-state index in [4.69, 9.17) is 52.1 Å². The molecular formula is C26H29FN8Na2O11P2S2. The number of aryl methyl sites for hydroxylation is 1. The number of aromatic nitrogens is 7. The Bertz CT molecular complexity index is 2120. The van der Waals surface area contributed by atoms with Gasteiger partial charge in [-0.3, -0.25) is 23.1 Å². The molecular weight excluding hydrogens is 791 g/mol. The quantitative estimate of drug-likeness (QED) is 0.0996. The second kappa shape index (κ2) is 16.2. The minimum Gasteiger partial charge on any atom is -0.660 e. The first-order valence-electron chi connectivity index (χ1n) is 15.5. The molecule has 2 unspecified atom stereocenters. The monoisotopic (exact) mass is 820 g/mol. The summed E-state index contributed by atoms with van der Waals surface area (Å²) in [6, 6.07) is 0. The van der Waals surface area contributed by atoms with Crippen LogP contribution in [0.15, 0.2) is 30.0 Å². The summed E-state index contributed by atoms with van der Waals surface area (Å²) >= 11 is 10.3. The van der Waals surface area contributed by atoms with Gasteiger partial charge in [-0.15, -0.1) is 0 Å². The van der Waals surface area contributed by atoms with E-state index < -0.39 is 81.5 Å². The normalized spacial score (nSPS) is 34.9. The molecule has 0 aromatic carbocycles. The maximum absolute atomic E-state index is 16.4. The first-order valence-corrected chi connectivity index (χ1v) is 20.6. The minimum absolute atomic E-state index is 0. The minimum atomic E-state index is -4.53. The Labute approximate surface area is 348 Å². The van der Waals surface area contributed by atoms with Gasteiger partial charge in [-0.1, -0.05) is 0 Å². The topological polar surface area (TPSA) is 225 Å². The number of imidazole rings is 1. The SMILES string of the molecule is O=c1c2ncn([C@@H]3O[C@@H]4COP(=O)([S-])O[C@H]5[C@H](F)[C@H](n6cc7c8c(ncnc86)NCCC7)O[C@@H]5COP(=O)([S-])O[C@@H]3[C@@H]4O)c2ncn1CCO.[Na+].[Na+]. The average molecular weight is 821 g/mol. The maximum Gasteiger partial charge on any atom is 1.00 e. The molecule has 2 bridgehead atoms. The molecule has 0 radical (unpaired) electrons. The zero-order valence-corrected chi connectivity index (χ0v) is 35.1. The molecule has 26 heteroatoms. The summed E-state index contributed by atoms with van der Waals surface area (Å²) in [5.41, 5.74) is 0.620. The van der Waals surface area contributed by atoms with Gasteiger partial charge in [0.2, 0.25) is 6.80 Å². The Kier molecular flexibility index (Phi) is 12.8.